The molecule has 2 aliphatic heterocycles. The van der Waals surface area contributed by atoms with Crippen LogP contribution in [-0.2, 0) is 9.47 Å². The lowest BCUT2D eigenvalue weighted by molar-refractivity contribution is 0.121. The van der Waals surface area contributed by atoms with Crippen molar-refractivity contribution in [1.82, 2.24) is 25.1 Å². The van der Waals surface area contributed by atoms with Gasteiger partial charge in [-0.15, -0.1) is 0 Å². The summed E-state index contributed by atoms with van der Waals surface area (Å²) in [6, 6.07) is 0. The zero-order chi connectivity index (χ0) is 17.2. The summed E-state index contributed by atoms with van der Waals surface area (Å²) in [5, 5.41) is 7.30. The number of aromatic nitrogens is 5. The van der Waals surface area contributed by atoms with Gasteiger partial charge in [0.25, 0.3) is 0 Å². The Bertz CT molecular complexity index is 680. The van der Waals surface area contributed by atoms with Gasteiger partial charge in [0.05, 0.1) is 37.7 Å². The number of aromatic amines is 1. The number of morpholine rings is 2. The van der Waals surface area contributed by atoms with E-state index in [2.05, 4.69) is 20.0 Å². The van der Waals surface area contributed by atoms with Gasteiger partial charge in [0.2, 0.25) is 11.9 Å². The van der Waals surface area contributed by atoms with Crippen LogP contribution in [-0.4, -0.2) is 77.8 Å². The van der Waals surface area contributed by atoms with Crippen LogP contribution in [0.2, 0.25) is 0 Å². The van der Waals surface area contributed by atoms with Crippen molar-refractivity contribution in [3.05, 3.63) is 11.4 Å². The molecule has 2 aromatic rings. The smallest absolute Gasteiger partial charge is 0.230 e. The first kappa shape index (κ1) is 16.2. The molecule has 0 saturated carbocycles. The van der Waals surface area contributed by atoms with Gasteiger partial charge >= 0.3 is 0 Å². The molecule has 134 valence electrons. The number of ether oxygens (including phenoxy) is 2. The monoisotopic (exact) mass is 345 g/mol. The van der Waals surface area contributed by atoms with E-state index in [0.29, 0.717) is 44.1 Å². The van der Waals surface area contributed by atoms with E-state index in [0.717, 1.165) is 43.1 Å². The molecule has 2 aromatic heterocycles. The second kappa shape index (κ2) is 6.93. The van der Waals surface area contributed by atoms with Gasteiger partial charge in [0, 0.05) is 31.9 Å². The van der Waals surface area contributed by atoms with Crippen LogP contribution in [0, 0.1) is 13.8 Å². The Morgan fingerprint density at radius 3 is 1.76 bits per heavy atom. The number of aryl methyl sites for hydroxylation is 2. The molecule has 0 amide bonds. The maximum Gasteiger partial charge on any atom is 0.230 e. The molecule has 1 N–H and O–H groups in total. The Hall–Kier alpha value is -2.26. The summed E-state index contributed by atoms with van der Waals surface area (Å²) in [4.78, 5) is 18.5. The maximum absolute atomic E-state index is 5.45. The standard InChI is InChI=1S/C16H23N7O2/c1-11-13(12(2)21-20-11)14-17-15(22-3-7-24-8-4-22)19-16(18-14)23-5-9-25-10-6-23/h3-10H2,1-2H3,(H,20,21). The predicted octanol–water partition coefficient (Wildman–Crippen LogP) is 0.552. The summed E-state index contributed by atoms with van der Waals surface area (Å²) in [5.41, 5.74) is 2.81. The number of hydrogen-bond acceptors (Lipinski definition) is 8. The molecule has 0 radical (unpaired) electrons. The van der Waals surface area contributed by atoms with E-state index in [4.69, 9.17) is 24.4 Å². The molecule has 0 aliphatic carbocycles. The van der Waals surface area contributed by atoms with Gasteiger partial charge in [-0.3, -0.25) is 5.10 Å². The minimum atomic E-state index is 0.668. The van der Waals surface area contributed by atoms with E-state index in [1.807, 2.05) is 13.8 Å². The van der Waals surface area contributed by atoms with E-state index < -0.39 is 0 Å². The molecule has 4 rings (SSSR count). The van der Waals surface area contributed by atoms with Gasteiger partial charge in [-0.1, -0.05) is 0 Å². The highest BCUT2D eigenvalue weighted by atomic mass is 16.5. The number of nitrogens with zero attached hydrogens (tertiary/aromatic N) is 6. The van der Waals surface area contributed by atoms with Crippen molar-refractivity contribution in [3.63, 3.8) is 0 Å². The van der Waals surface area contributed by atoms with Crippen molar-refractivity contribution >= 4 is 11.9 Å². The molecule has 25 heavy (non-hydrogen) atoms. The summed E-state index contributed by atoms with van der Waals surface area (Å²) < 4.78 is 10.9. The van der Waals surface area contributed by atoms with Crippen LogP contribution in [0.3, 0.4) is 0 Å². The molecular formula is C16H23N7O2. The molecule has 0 aromatic carbocycles. The molecule has 2 saturated heterocycles. The Morgan fingerprint density at radius 2 is 1.32 bits per heavy atom. The van der Waals surface area contributed by atoms with Crippen molar-refractivity contribution < 1.29 is 9.47 Å². The van der Waals surface area contributed by atoms with Crippen LogP contribution in [0.25, 0.3) is 11.4 Å². The second-order valence-electron chi connectivity index (χ2n) is 6.27. The Morgan fingerprint density at radius 1 is 0.800 bits per heavy atom. The first-order valence-corrected chi connectivity index (χ1v) is 8.66. The van der Waals surface area contributed by atoms with E-state index in [1.54, 1.807) is 0 Å². The summed E-state index contributed by atoms with van der Waals surface area (Å²) in [5.74, 6) is 2.08. The lowest BCUT2D eigenvalue weighted by Crippen LogP contribution is -2.40. The van der Waals surface area contributed by atoms with E-state index in [-0.39, 0.29) is 0 Å². The lowest BCUT2D eigenvalue weighted by Gasteiger charge is -2.30. The quantitative estimate of drug-likeness (QED) is 0.862. The van der Waals surface area contributed by atoms with Crippen LogP contribution in [0.15, 0.2) is 0 Å². The second-order valence-corrected chi connectivity index (χ2v) is 6.27. The first-order chi connectivity index (χ1) is 12.2. The third kappa shape index (κ3) is 3.29. The van der Waals surface area contributed by atoms with Crippen LogP contribution < -0.4 is 9.80 Å². The number of anilines is 2. The molecular weight excluding hydrogens is 322 g/mol. The van der Waals surface area contributed by atoms with Gasteiger partial charge in [-0.25, -0.2) is 0 Å². The fourth-order valence-corrected chi connectivity index (χ4v) is 3.16. The normalized spacial score (nSPS) is 18.6. The lowest BCUT2D eigenvalue weighted by atomic mass is 10.2. The Balaban J connectivity index is 1.76. The highest BCUT2D eigenvalue weighted by Crippen LogP contribution is 2.26. The number of rotatable bonds is 3. The molecule has 4 heterocycles. The predicted molar refractivity (Wildman–Crippen MR) is 92.9 cm³/mol. The van der Waals surface area contributed by atoms with E-state index in [9.17, 15) is 0 Å². The van der Waals surface area contributed by atoms with Gasteiger partial charge in [0.1, 0.15) is 0 Å². The number of H-pyrrole nitrogens is 1. The van der Waals surface area contributed by atoms with Crippen LogP contribution in [0.4, 0.5) is 11.9 Å². The topological polar surface area (TPSA) is 92.3 Å². The molecule has 0 atom stereocenters. The molecule has 9 heteroatoms. The van der Waals surface area contributed by atoms with E-state index >= 15 is 0 Å². The highest BCUT2D eigenvalue weighted by Gasteiger charge is 2.23. The third-order valence-corrected chi connectivity index (χ3v) is 4.55. The van der Waals surface area contributed by atoms with E-state index in [1.165, 1.54) is 0 Å². The zero-order valence-electron chi connectivity index (χ0n) is 14.7. The molecule has 2 aliphatic rings. The van der Waals surface area contributed by atoms with Crippen molar-refractivity contribution in [1.29, 1.82) is 0 Å². The van der Waals surface area contributed by atoms with Crippen LogP contribution in [0.1, 0.15) is 11.4 Å². The summed E-state index contributed by atoms with van der Waals surface area (Å²) >= 11 is 0. The SMILES string of the molecule is Cc1n[nH]c(C)c1-c1nc(N2CCOCC2)nc(N2CCOCC2)n1. The maximum atomic E-state index is 5.45. The van der Waals surface area contributed by atoms with Gasteiger partial charge in [-0.2, -0.15) is 20.1 Å². The highest BCUT2D eigenvalue weighted by molar-refractivity contribution is 5.63. The Kier molecular flexibility index (Phi) is 4.50. The Labute approximate surface area is 146 Å². The van der Waals surface area contributed by atoms with Gasteiger partial charge in [-0.05, 0) is 13.8 Å². The first-order valence-electron chi connectivity index (χ1n) is 8.66. The minimum Gasteiger partial charge on any atom is -0.378 e. The summed E-state index contributed by atoms with van der Waals surface area (Å²) in [7, 11) is 0. The number of hydrogen-bond donors (Lipinski definition) is 1. The number of nitrogens with one attached hydrogen (secondary N) is 1. The van der Waals surface area contributed by atoms with Crippen molar-refractivity contribution in [2.24, 2.45) is 0 Å². The fourth-order valence-electron chi connectivity index (χ4n) is 3.16. The average Bonchev–Trinajstić information content (AvgIpc) is 3.01. The van der Waals surface area contributed by atoms with Crippen molar-refractivity contribution in [2.75, 3.05) is 62.4 Å². The zero-order valence-corrected chi connectivity index (χ0v) is 14.7. The average molecular weight is 345 g/mol. The largest absolute Gasteiger partial charge is 0.378 e. The van der Waals surface area contributed by atoms with Crippen LogP contribution in [0.5, 0.6) is 0 Å². The molecule has 9 nitrogen and oxygen atoms in total. The minimum absolute atomic E-state index is 0.668. The van der Waals surface area contributed by atoms with Gasteiger partial charge < -0.3 is 19.3 Å². The van der Waals surface area contributed by atoms with Gasteiger partial charge in [0.15, 0.2) is 5.82 Å². The summed E-state index contributed by atoms with van der Waals surface area (Å²) in [6.07, 6.45) is 0. The third-order valence-electron chi connectivity index (χ3n) is 4.55. The summed E-state index contributed by atoms with van der Waals surface area (Å²) in [6.45, 7) is 9.87. The van der Waals surface area contributed by atoms with Crippen LogP contribution >= 0.6 is 0 Å². The molecule has 0 spiro atoms. The van der Waals surface area contributed by atoms with Crippen molar-refractivity contribution in [2.45, 2.75) is 13.8 Å². The molecule has 0 bridgehead atoms. The molecule has 0 unspecified atom stereocenters. The molecule has 2 fully saturated rings. The fraction of sp³-hybridized carbons (Fsp3) is 0.625. The van der Waals surface area contributed by atoms with Crippen molar-refractivity contribution in [3.8, 4) is 11.4 Å².